The molecule has 3 rings (SSSR count). The number of carboxylic acid groups (broad SMARTS) is 1. The molecular formula is C21H24N2O4. The molecule has 0 spiro atoms. The topological polar surface area (TPSA) is 71.8 Å². The number of benzene rings is 2. The van der Waals surface area contributed by atoms with Gasteiger partial charge in [0, 0.05) is 18.5 Å². The maximum Gasteiger partial charge on any atom is 0.336 e. The molecule has 0 bridgehead atoms. The Morgan fingerprint density at radius 1 is 1.15 bits per heavy atom. The summed E-state index contributed by atoms with van der Waals surface area (Å²) >= 11 is 0. The van der Waals surface area contributed by atoms with Crippen LogP contribution in [0.4, 0.5) is 0 Å². The van der Waals surface area contributed by atoms with E-state index in [1.54, 1.807) is 18.2 Å². The van der Waals surface area contributed by atoms with E-state index in [0.717, 1.165) is 25.2 Å². The minimum absolute atomic E-state index is 0.00172. The number of carbonyl (C=O) groups is 1. The van der Waals surface area contributed by atoms with Gasteiger partial charge in [-0.15, -0.1) is 0 Å². The van der Waals surface area contributed by atoms with Gasteiger partial charge in [0.05, 0.1) is 29.1 Å². The molecule has 6 nitrogen and oxygen atoms in total. The Morgan fingerprint density at radius 3 is 2.48 bits per heavy atom. The molecule has 0 radical (unpaired) electrons. The molecule has 6 heteroatoms. The van der Waals surface area contributed by atoms with Crippen molar-refractivity contribution in [2.75, 3.05) is 26.7 Å². The highest BCUT2D eigenvalue weighted by Gasteiger charge is 2.20. The van der Waals surface area contributed by atoms with Crippen LogP contribution >= 0.6 is 0 Å². The molecule has 142 valence electrons. The summed E-state index contributed by atoms with van der Waals surface area (Å²) < 4.78 is 7.51. The Balaban J connectivity index is 2.42. The van der Waals surface area contributed by atoms with Crippen LogP contribution in [0.15, 0.2) is 41.2 Å². The molecule has 0 aliphatic rings. The average Bonchev–Trinajstić information content (AvgIpc) is 2.69. The molecule has 1 aromatic heterocycles. The third-order valence-corrected chi connectivity index (χ3v) is 5.06. The van der Waals surface area contributed by atoms with Crippen molar-refractivity contribution in [1.29, 1.82) is 0 Å². The predicted octanol–water partition coefficient (Wildman–Crippen LogP) is 3.20. The number of nitrogens with zero attached hydrogens (tertiary/aromatic N) is 2. The van der Waals surface area contributed by atoms with Crippen LogP contribution in [0.2, 0.25) is 0 Å². The molecular weight excluding hydrogens is 344 g/mol. The highest BCUT2D eigenvalue weighted by atomic mass is 16.5. The second kappa shape index (κ2) is 7.80. The Hall–Kier alpha value is -2.86. The first kappa shape index (κ1) is 18.9. The lowest BCUT2D eigenvalue weighted by Crippen LogP contribution is -2.28. The quantitative estimate of drug-likeness (QED) is 0.649. The van der Waals surface area contributed by atoms with Crippen LogP contribution < -0.4 is 10.2 Å². The first-order valence-electron chi connectivity index (χ1n) is 9.11. The first-order chi connectivity index (χ1) is 13.0. The van der Waals surface area contributed by atoms with Gasteiger partial charge in [-0.25, -0.2) is 4.79 Å². The van der Waals surface area contributed by atoms with Gasteiger partial charge in [-0.2, -0.15) is 0 Å². The van der Waals surface area contributed by atoms with Crippen LogP contribution in [-0.2, 0) is 6.54 Å². The molecule has 2 aromatic carbocycles. The number of hydrogen-bond acceptors (Lipinski definition) is 4. The summed E-state index contributed by atoms with van der Waals surface area (Å²) in [6, 6.07) is 10.4. The van der Waals surface area contributed by atoms with Crippen molar-refractivity contribution in [2.45, 2.75) is 20.4 Å². The van der Waals surface area contributed by atoms with E-state index in [1.165, 1.54) is 13.2 Å². The van der Waals surface area contributed by atoms with E-state index < -0.39 is 5.97 Å². The van der Waals surface area contributed by atoms with Gasteiger partial charge in [0.15, 0.2) is 5.43 Å². The van der Waals surface area contributed by atoms with Gasteiger partial charge < -0.3 is 19.3 Å². The zero-order valence-electron chi connectivity index (χ0n) is 15.9. The smallest absolute Gasteiger partial charge is 0.336 e. The second-order valence-corrected chi connectivity index (χ2v) is 6.37. The van der Waals surface area contributed by atoms with Crippen molar-refractivity contribution in [1.82, 2.24) is 9.47 Å². The lowest BCUT2D eigenvalue weighted by atomic mass is 10.0. The lowest BCUT2D eigenvalue weighted by molar-refractivity contribution is 0.0699. The molecule has 27 heavy (non-hydrogen) atoms. The Morgan fingerprint density at radius 2 is 1.85 bits per heavy atom. The van der Waals surface area contributed by atoms with Crippen molar-refractivity contribution in [3.05, 3.63) is 52.2 Å². The first-order valence-corrected chi connectivity index (χ1v) is 9.11. The fourth-order valence-corrected chi connectivity index (χ4v) is 3.58. The van der Waals surface area contributed by atoms with Crippen LogP contribution in [0.25, 0.3) is 21.8 Å². The monoisotopic (exact) mass is 368 g/mol. The van der Waals surface area contributed by atoms with Crippen LogP contribution in [0.5, 0.6) is 5.75 Å². The number of hydrogen-bond donors (Lipinski definition) is 1. The van der Waals surface area contributed by atoms with Crippen molar-refractivity contribution in [3.63, 3.8) is 0 Å². The number of rotatable bonds is 7. The summed E-state index contributed by atoms with van der Waals surface area (Å²) in [7, 11) is 1.53. The third-order valence-electron chi connectivity index (χ3n) is 5.06. The number of pyridine rings is 1. The zero-order chi connectivity index (χ0) is 19.6. The zero-order valence-corrected chi connectivity index (χ0v) is 15.9. The number of aromatic carboxylic acids is 1. The van der Waals surface area contributed by atoms with Crippen LogP contribution in [0.3, 0.4) is 0 Å². The molecule has 1 heterocycles. The van der Waals surface area contributed by atoms with Gasteiger partial charge >= 0.3 is 5.97 Å². The van der Waals surface area contributed by atoms with Gasteiger partial charge in [-0.3, -0.25) is 4.79 Å². The number of methoxy groups -OCH3 is 1. The van der Waals surface area contributed by atoms with Crippen molar-refractivity contribution in [3.8, 4) is 5.75 Å². The predicted molar refractivity (Wildman–Crippen MR) is 107 cm³/mol. The Labute approximate surface area is 157 Å². The third kappa shape index (κ3) is 3.28. The van der Waals surface area contributed by atoms with E-state index >= 15 is 0 Å². The lowest BCUT2D eigenvalue weighted by Gasteiger charge is -2.22. The summed E-state index contributed by atoms with van der Waals surface area (Å²) in [6.07, 6.45) is 0. The molecule has 0 saturated carbocycles. The van der Waals surface area contributed by atoms with Gasteiger partial charge in [0.25, 0.3) is 0 Å². The van der Waals surface area contributed by atoms with Gasteiger partial charge in [-0.1, -0.05) is 26.0 Å². The molecule has 1 N–H and O–H groups in total. The van der Waals surface area contributed by atoms with Gasteiger partial charge in [0.2, 0.25) is 0 Å². The molecule has 0 fully saturated rings. The summed E-state index contributed by atoms with van der Waals surface area (Å²) in [4.78, 5) is 27.2. The van der Waals surface area contributed by atoms with Crippen molar-refractivity contribution < 1.29 is 14.6 Å². The summed E-state index contributed by atoms with van der Waals surface area (Å²) in [5.41, 5.74) is 1.03. The number of ether oxygens (including phenoxy) is 1. The van der Waals surface area contributed by atoms with E-state index in [1.807, 2.05) is 16.7 Å². The number of para-hydroxylation sites is 1. The van der Waals surface area contributed by atoms with Crippen LogP contribution in [0, 0.1) is 0 Å². The molecule has 0 atom stereocenters. The van der Waals surface area contributed by atoms with Crippen LogP contribution in [-0.4, -0.2) is 47.3 Å². The fraction of sp³-hybridized carbons (Fsp3) is 0.333. The maximum absolute atomic E-state index is 13.1. The van der Waals surface area contributed by atoms with Gasteiger partial charge in [0.1, 0.15) is 5.75 Å². The molecule has 0 unspecified atom stereocenters. The van der Waals surface area contributed by atoms with Crippen molar-refractivity contribution in [2.24, 2.45) is 0 Å². The highest BCUT2D eigenvalue weighted by Crippen LogP contribution is 2.30. The minimum Gasteiger partial charge on any atom is -0.495 e. The molecule has 0 aliphatic heterocycles. The molecule has 0 saturated heterocycles. The SMILES string of the molecule is CCN(CC)CCn1c2ccccc2c(=O)c2c(C(=O)O)ccc(OC)c21. The number of aromatic nitrogens is 1. The van der Waals surface area contributed by atoms with E-state index in [9.17, 15) is 14.7 Å². The standard InChI is InChI=1S/C21H24N2O4/c1-4-22(5-2)12-13-23-16-9-7-6-8-14(16)20(24)18-15(21(25)26)10-11-17(27-3)19(18)23/h6-11H,4-5,12-13H2,1-3H3,(H,25,26). The van der Waals surface area contributed by atoms with Gasteiger partial charge in [-0.05, 0) is 37.4 Å². The van der Waals surface area contributed by atoms with E-state index in [2.05, 4.69) is 18.7 Å². The Kier molecular flexibility index (Phi) is 5.46. The summed E-state index contributed by atoms with van der Waals surface area (Å²) in [6.45, 7) is 7.46. The molecule has 0 aliphatic carbocycles. The maximum atomic E-state index is 13.1. The minimum atomic E-state index is -1.12. The van der Waals surface area contributed by atoms with Crippen molar-refractivity contribution >= 4 is 27.8 Å². The average molecular weight is 368 g/mol. The summed E-state index contributed by atoms with van der Waals surface area (Å²) in [5, 5.41) is 10.3. The highest BCUT2D eigenvalue weighted by molar-refractivity contribution is 6.07. The fourth-order valence-electron chi connectivity index (χ4n) is 3.58. The Bertz CT molecular complexity index is 1050. The molecule has 3 aromatic rings. The second-order valence-electron chi connectivity index (χ2n) is 6.37. The number of likely N-dealkylation sites (N-methyl/N-ethyl adjacent to an activating group) is 1. The van der Waals surface area contributed by atoms with E-state index in [0.29, 0.717) is 23.2 Å². The van der Waals surface area contributed by atoms with Crippen LogP contribution in [0.1, 0.15) is 24.2 Å². The largest absolute Gasteiger partial charge is 0.495 e. The summed E-state index contributed by atoms with van der Waals surface area (Å²) in [5.74, 6) is -0.622. The number of carboxylic acids is 1. The number of fused-ring (bicyclic) bond motifs is 2. The van der Waals surface area contributed by atoms with E-state index in [4.69, 9.17) is 4.74 Å². The normalized spacial score (nSPS) is 11.4. The molecule has 0 amide bonds. The van der Waals surface area contributed by atoms with E-state index in [-0.39, 0.29) is 16.4 Å².